The van der Waals surface area contributed by atoms with Gasteiger partial charge in [0.05, 0.1) is 26.1 Å². The summed E-state index contributed by atoms with van der Waals surface area (Å²) in [6, 6.07) is 3.95. The van der Waals surface area contributed by atoms with Crippen LogP contribution in [0.3, 0.4) is 0 Å². The fourth-order valence-corrected chi connectivity index (χ4v) is 5.23. The van der Waals surface area contributed by atoms with Gasteiger partial charge >= 0.3 is 0 Å². The van der Waals surface area contributed by atoms with Crippen molar-refractivity contribution in [2.75, 3.05) is 27.0 Å². The minimum Gasteiger partial charge on any atom is -0.632 e. The van der Waals surface area contributed by atoms with Crippen molar-refractivity contribution >= 4 is 0 Å². The van der Waals surface area contributed by atoms with E-state index in [-0.39, 0.29) is 17.4 Å². The number of ether oxygens (including phenoxy) is 3. The first-order chi connectivity index (χ1) is 11.6. The van der Waals surface area contributed by atoms with E-state index >= 15 is 0 Å². The second kappa shape index (κ2) is 4.65. The van der Waals surface area contributed by atoms with Crippen LogP contribution in [0, 0.1) is 5.21 Å². The molecule has 1 aliphatic carbocycles. The van der Waals surface area contributed by atoms with Crippen LogP contribution in [-0.4, -0.2) is 48.4 Å². The van der Waals surface area contributed by atoms with E-state index in [1.54, 1.807) is 7.11 Å². The summed E-state index contributed by atoms with van der Waals surface area (Å²) in [5.74, 6) is 1.66. The highest BCUT2D eigenvalue weighted by atomic mass is 16.7. The molecule has 128 valence electrons. The van der Waals surface area contributed by atoms with Gasteiger partial charge < -0.3 is 29.2 Å². The van der Waals surface area contributed by atoms with Crippen LogP contribution < -0.4 is 9.47 Å². The third-order valence-corrected chi connectivity index (χ3v) is 6.34. The van der Waals surface area contributed by atoms with E-state index in [0.29, 0.717) is 31.0 Å². The number of nitrogens with zero attached hydrogens (tertiary/aromatic N) is 1. The zero-order valence-electron chi connectivity index (χ0n) is 13.7. The molecule has 6 heteroatoms. The lowest BCUT2D eigenvalue weighted by molar-refractivity contribution is -0.912. The Hall–Kier alpha value is -1.76. The molecular formula is C18H21NO5. The number of quaternary nitrogens is 1. The number of hydrogen-bond donors (Lipinski definition) is 1. The van der Waals surface area contributed by atoms with E-state index in [0.717, 1.165) is 29.7 Å². The Balaban J connectivity index is 1.74. The normalized spacial score (nSPS) is 38.9. The predicted molar refractivity (Wildman–Crippen MR) is 85.4 cm³/mol. The molecule has 0 bridgehead atoms. The Morgan fingerprint density at radius 2 is 2.08 bits per heavy atom. The van der Waals surface area contributed by atoms with Crippen LogP contribution in [0.25, 0.3) is 0 Å². The first-order valence-electron chi connectivity index (χ1n) is 8.53. The van der Waals surface area contributed by atoms with Crippen LogP contribution in [0.1, 0.15) is 29.9 Å². The second-order valence-corrected chi connectivity index (χ2v) is 7.26. The maximum Gasteiger partial charge on any atom is 0.231 e. The number of methoxy groups -OCH3 is 1. The summed E-state index contributed by atoms with van der Waals surface area (Å²) in [5.41, 5.74) is 1.45. The van der Waals surface area contributed by atoms with Gasteiger partial charge in [0.25, 0.3) is 0 Å². The van der Waals surface area contributed by atoms with Gasteiger partial charge in [0.2, 0.25) is 6.79 Å². The van der Waals surface area contributed by atoms with Gasteiger partial charge in [-0.2, -0.15) is 0 Å². The van der Waals surface area contributed by atoms with E-state index in [1.807, 2.05) is 18.2 Å². The van der Waals surface area contributed by atoms with Gasteiger partial charge in [0.1, 0.15) is 17.4 Å². The van der Waals surface area contributed by atoms with Gasteiger partial charge in [0, 0.05) is 25.3 Å². The molecule has 0 aromatic heterocycles. The Morgan fingerprint density at radius 3 is 2.88 bits per heavy atom. The van der Waals surface area contributed by atoms with Crippen LogP contribution in [0.2, 0.25) is 0 Å². The topological polar surface area (TPSA) is 71.0 Å². The molecule has 1 aromatic rings. The fraction of sp³-hybridized carbons (Fsp3) is 0.556. The average Bonchev–Trinajstić information content (AvgIpc) is 3.21. The monoisotopic (exact) mass is 331 g/mol. The number of aliphatic hydroxyl groups excluding tert-OH is 1. The Kier molecular flexibility index (Phi) is 2.83. The minimum absolute atomic E-state index is 0.222. The number of fused-ring (bicyclic) bond motifs is 3. The molecule has 6 nitrogen and oxygen atoms in total. The summed E-state index contributed by atoms with van der Waals surface area (Å²) in [6.45, 7) is 1.33. The van der Waals surface area contributed by atoms with Crippen molar-refractivity contribution in [1.82, 2.24) is 0 Å². The van der Waals surface area contributed by atoms with E-state index in [9.17, 15) is 10.3 Å². The predicted octanol–water partition coefficient (Wildman–Crippen LogP) is 1.81. The first-order valence-corrected chi connectivity index (χ1v) is 8.53. The summed E-state index contributed by atoms with van der Waals surface area (Å²) in [7, 11) is 1.56. The van der Waals surface area contributed by atoms with Crippen molar-refractivity contribution < 1.29 is 24.0 Å². The molecule has 1 saturated heterocycles. The third-order valence-electron chi connectivity index (χ3n) is 6.34. The highest BCUT2D eigenvalue weighted by molar-refractivity contribution is 5.53. The highest BCUT2D eigenvalue weighted by Gasteiger charge is 2.62. The molecule has 0 unspecified atom stereocenters. The largest absolute Gasteiger partial charge is 0.632 e. The van der Waals surface area contributed by atoms with Crippen LogP contribution in [0.15, 0.2) is 24.0 Å². The Morgan fingerprint density at radius 1 is 1.29 bits per heavy atom. The van der Waals surface area contributed by atoms with Gasteiger partial charge in [-0.25, -0.2) is 0 Å². The van der Waals surface area contributed by atoms with E-state index in [1.165, 1.54) is 0 Å². The molecule has 1 spiro atoms. The van der Waals surface area contributed by atoms with Gasteiger partial charge in [-0.1, -0.05) is 0 Å². The molecule has 24 heavy (non-hydrogen) atoms. The molecule has 1 N–H and O–H groups in total. The van der Waals surface area contributed by atoms with Gasteiger partial charge in [-0.05, 0) is 23.3 Å². The summed E-state index contributed by atoms with van der Waals surface area (Å²) in [6.07, 6.45) is 3.47. The quantitative estimate of drug-likeness (QED) is 0.628. The number of rotatable bonds is 1. The molecule has 0 amide bonds. The lowest BCUT2D eigenvalue weighted by Gasteiger charge is -2.52. The highest BCUT2D eigenvalue weighted by Crippen LogP contribution is 2.57. The number of benzene rings is 1. The summed E-state index contributed by atoms with van der Waals surface area (Å²) < 4.78 is 16.2. The van der Waals surface area contributed by atoms with Crippen LogP contribution in [-0.2, 0) is 11.2 Å². The van der Waals surface area contributed by atoms with E-state index in [2.05, 4.69) is 0 Å². The molecular weight excluding hydrogens is 310 g/mol. The van der Waals surface area contributed by atoms with Crippen LogP contribution >= 0.6 is 0 Å². The number of aliphatic hydroxyl groups is 1. The second-order valence-electron chi connectivity index (χ2n) is 7.26. The van der Waals surface area contributed by atoms with Crippen LogP contribution in [0.4, 0.5) is 0 Å². The lowest BCUT2D eigenvalue weighted by Crippen LogP contribution is -2.58. The first kappa shape index (κ1) is 14.6. The van der Waals surface area contributed by atoms with Gasteiger partial charge in [-0.3, -0.25) is 0 Å². The van der Waals surface area contributed by atoms with E-state index < -0.39 is 11.6 Å². The maximum atomic E-state index is 13.7. The Bertz CT molecular complexity index is 747. The standard InChI is InChI=1S/C18H21NO5/c1-22-15-9-18-4-2-5-19(18,21)6-3-11-7-13-14(24-10-23-13)8-12(11)16(18)17(15)20/h7-9,16-17,20H,2-6,10H2,1H3/t16-,17-,18+,19-/m1/s1. The third kappa shape index (κ3) is 1.61. The Labute approximate surface area is 140 Å². The van der Waals surface area contributed by atoms with Crippen molar-refractivity contribution in [2.24, 2.45) is 0 Å². The summed E-state index contributed by atoms with van der Waals surface area (Å²) in [5, 5.41) is 24.6. The molecule has 3 aliphatic heterocycles. The number of hydroxylamine groups is 3. The van der Waals surface area contributed by atoms with Gasteiger partial charge in [-0.15, -0.1) is 0 Å². The molecule has 4 aliphatic rings. The molecule has 5 rings (SSSR count). The van der Waals surface area contributed by atoms with Gasteiger partial charge in [0.15, 0.2) is 11.5 Å². The molecule has 1 aromatic carbocycles. The molecule has 1 fully saturated rings. The van der Waals surface area contributed by atoms with Crippen molar-refractivity contribution in [3.05, 3.63) is 40.3 Å². The molecule has 0 saturated carbocycles. The molecule has 3 heterocycles. The number of hydrogen-bond acceptors (Lipinski definition) is 5. The molecule has 4 atom stereocenters. The smallest absolute Gasteiger partial charge is 0.231 e. The SMILES string of the molecule is COC1=C[C@]23CCC[N@@+]2([O-])CCc2cc4c(cc2[C@@H]3[C@@H]1O)OCO4. The molecule has 0 radical (unpaired) electrons. The van der Waals surface area contributed by atoms with Crippen LogP contribution in [0.5, 0.6) is 11.5 Å². The van der Waals surface area contributed by atoms with Crippen molar-refractivity contribution in [3.63, 3.8) is 0 Å². The minimum atomic E-state index is -0.795. The van der Waals surface area contributed by atoms with Crippen molar-refractivity contribution in [3.8, 4) is 11.5 Å². The van der Waals surface area contributed by atoms with Crippen molar-refractivity contribution in [1.29, 1.82) is 0 Å². The van der Waals surface area contributed by atoms with E-state index in [4.69, 9.17) is 14.2 Å². The zero-order chi connectivity index (χ0) is 16.5. The van der Waals surface area contributed by atoms with Crippen molar-refractivity contribution in [2.45, 2.75) is 36.8 Å². The summed E-state index contributed by atoms with van der Waals surface area (Å²) >= 11 is 0. The average molecular weight is 331 g/mol. The lowest BCUT2D eigenvalue weighted by atomic mass is 9.77. The summed E-state index contributed by atoms with van der Waals surface area (Å²) in [4.78, 5) is 0. The fourth-order valence-electron chi connectivity index (χ4n) is 5.23. The maximum absolute atomic E-state index is 13.7. The zero-order valence-corrected chi connectivity index (χ0v) is 13.7.